The topological polar surface area (TPSA) is 102 Å². The van der Waals surface area contributed by atoms with Crippen LogP contribution in [-0.2, 0) is 0 Å². The Morgan fingerprint density at radius 2 is 2.00 bits per heavy atom. The van der Waals surface area contributed by atoms with Gasteiger partial charge in [0.05, 0.1) is 23.6 Å². The first-order chi connectivity index (χ1) is 14.0. The summed E-state index contributed by atoms with van der Waals surface area (Å²) in [6.07, 6.45) is 3.47. The highest BCUT2D eigenvalue weighted by atomic mass is 16.6. The van der Waals surface area contributed by atoms with Crippen LogP contribution in [0.15, 0.2) is 36.4 Å². The quantitative estimate of drug-likeness (QED) is 0.580. The third kappa shape index (κ3) is 2.68. The van der Waals surface area contributed by atoms with E-state index in [9.17, 15) is 20.0 Å². The van der Waals surface area contributed by atoms with Gasteiger partial charge >= 0.3 is 11.7 Å². The maximum atomic E-state index is 11.5. The summed E-state index contributed by atoms with van der Waals surface area (Å²) in [4.78, 5) is 22.6. The van der Waals surface area contributed by atoms with Crippen LogP contribution >= 0.6 is 0 Å². The molecule has 2 fully saturated rings. The van der Waals surface area contributed by atoms with Gasteiger partial charge < -0.3 is 15.2 Å². The lowest BCUT2D eigenvalue weighted by Crippen LogP contribution is -2.35. The smallest absolute Gasteiger partial charge is 0.335 e. The molecule has 1 heterocycles. The second-order valence-electron chi connectivity index (χ2n) is 8.35. The Labute approximate surface area is 167 Å². The molecule has 0 unspecified atom stereocenters. The number of hydrogen-bond acceptors (Lipinski definition) is 5. The van der Waals surface area contributed by atoms with E-state index in [0.29, 0.717) is 23.3 Å². The zero-order chi connectivity index (χ0) is 20.3. The number of anilines is 1. The predicted octanol–water partition coefficient (Wildman–Crippen LogP) is 4.60. The summed E-state index contributed by atoms with van der Waals surface area (Å²) >= 11 is 0. The number of methoxy groups -OCH3 is 1. The third-order valence-electron chi connectivity index (χ3n) is 7.09. The van der Waals surface area contributed by atoms with Crippen molar-refractivity contribution in [1.82, 2.24) is 0 Å². The van der Waals surface area contributed by atoms with Crippen molar-refractivity contribution < 1.29 is 19.6 Å². The Kier molecular flexibility index (Phi) is 4.01. The highest BCUT2D eigenvalue weighted by Crippen LogP contribution is 2.63. The van der Waals surface area contributed by atoms with Gasteiger partial charge in [0.1, 0.15) is 0 Å². The van der Waals surface area contributed by atoms with Crippen LogP contribution < -0.4 is 10.1 Å². The number of aromatic carboxylic acids is 1. The summed E-state index contributed by atoms with van der Waals surface area (Å²) in [5.41, 5.74) is 3.19. The zero-order valence-corrected chi connectivity index (χ0v) is 16.0. The van der Waals surface area contributed by atoms with Gasteiger partial charge in [0.2, 0.25) is 0 Å². The van der Waals surface area contributed by atoms with E-state index in [1.54, 1.807) is 18.2 Å². The summed E-state index contributed by atoms with van der Waals surface area (Å²) in [6.45, 7) is 0. The Balaban J connectivity index is 1.61. The lowest BCUT2D eigenvalue weighted by molar-refractivity contribution is -0.385. The fourth-order valence-corrected chi connectivity index (χ4v) is 5.99. The maximum absolute atomic E-state index is 11.5. The number of carboxylic acids is 1. The maximum Gasteiger partial charge on any atom is 0.335 e. The van der Waals surface area contributed by atoms with Crippen molar-refractivity contribution >= 4 is 17.3 Å². The van der Waals surface area contributed by atoms with Crippen molar-refractivity contribution in [1.29, 1.82) is 0 Å². The molecule has 0 amide bonds. The Morgan fingerprint density at radius 3 is 2.72 bits per heavy atom. The van der Waals surface area contributed by atoms with E-state index in [0.717, 1.165) is 36.1 Å². The molecular formula is C22H22N2O5. The van der Waals surface area contributed by atoms with Crippen LogP contribution in [0.4, 0.5) is 11.4 Å². The lowest BCUT2D eigenvalue weighted by atomic mass is 9.68. The molecule has 5 rings (SSSR count). The Morgan fingerprint density at radius 1 is 1.21 bits per heavy atom. The number of nitro benzene ring substituents is 1. The first-order valence-corrected chi connectivity index (χ1v) is 9.94. The third-order valence-corrected chi connectivity index (χ3v) is 7.09. The molecule has 0 radical (unpaired) electrons. The van der Waals surface area contributed by atoms with Gasteiger partial charge in [-0.3, -0.25) is 10.1 Å². The molecule has 2 aromatic rings. The molecule has 2 aliphatic carbocycles. The first kappa shape index (κ1) is 18.0. The van der Waals surface area contributed by atoms with Gasteiger partial charge in [0.15, 0.2) is 5.75 Å². The zero-order valence-electron chi connectivity index (χ0n) is 16.0. The number of fused-ring (bicyclic) bond motifs is 7. The van der Waals surface area contributed by atoms with Crippen molar-refractivity contribution in [3.05, 3.63) is 63.2 Å². The Hall–Kier alpha value is -3.09. The SMILES string of the molecule is COc1ccc([C@@H]2Nc3ccc(C(=O)O)cc3[C@H]3[C@H]4CC[C@@H](C4)[C@@H]32)cc1[N+](=O)[O-]. The van der Waals surface area contributed by atoms with E-state index >= 15 is 0 Å². The number of nitro groups is 1. The molecule has 0 spiro atoms. The molecule has 0 aromatic heterocycles. The van der Waals surface area contributed by atoms with Gasteiger partial charge in [-0.15, -0.1) is 0 Å². The summed E-state index contributed by atoms with van der Waals surface area (Å²) in [6, 6.07) is 10.4. The monoisotopic (exact) mass is 394 g/mol. The van der Waals surface area contributed by atoms with Crippen LogP contribution in [0.5, 0.6) is 5.75 Å². The number of ether oxygens (including phenoxy) is 1. The van der Waals surface area contributed by atoms with Gasteiger partial charge in [0.25, 0.3) is 0 Å². The van der Waals surface area contributed by atoms with Crippen molar-refractivity contribution in [3.8, 4) is 5.75 Å². The van der Waals surface area contributed by atoms with E-state index in [1.807, 2.05) is 18.2 Å². The van der Waals surface area contributed by atoms with E-state index in [1.165, 1.54) is 7.11 Å². The summed E-state index contributed by atoms with van der Waals surface area (Å²) in [5, 5.41) is 24.5. The van der Waals surface area contributed by atoms with Gasteiger partial charge in [-0.05, 0) is 78.3 Å². The first-order valence-electron chi connectivity index (χ1n) is 9.94. The minimum absolute atomic E-state index is 0.0291. The van der Waals surface area contributed by atoms with Gasteiger partial charge in [-0.2, -0.15) is 0 Å². The van der Waals surface area contributed by atoms with E-state index in [4.69, 9.17) is 4.74 Å². The fourth-order valence-electron chi connectivity index (χ4n) is 5.99. The number of carboxylic acid groups (broad SMARTS) is 1. The molecule has 2 N–H and O–H groups in total. The second-order valence-corrected chi connectivity index (χ2v) is 8.35. The van der Waals surface area contributed by atoms with Crippen LogP contribution in [0.25, 0.3) is 0 Å². The van der Waals surface area contributed by atoms with Crippen LogP contribution in [0, 0.1) is 27.9 Å². The highest BCUT2D eigenvalue weighted by Gasteiger charge is 2.54. The minimum Gasteiger partial charge on any atom is -0.490 e. The molecule has 2 bridgehead atoms. The molecule has 5 atom stereocenters. The largest absolute Gasteiger partial charge is 0.490 e. The van der Waals surface area contributed by atoms with Crippen molar-refractivity contribution in [2.45, 2.75) is 31.2 Å². The molecular weight excluding hydrogens is 372 g/mol. The molecule has 7 heteroatoms. The molecule has 0 saturated heterocycles. The second kappa shape index (κ2) is 6.47. The molecule has 150 valence electrons. The van der Waals surface area contributed by atoms with E-state index in [-0.39, 0.29) is 23.4 Å². The highest BCUT2D eigenvalue weighted by molar-refractivity contribution is 5.88. The van der Waals surface area contributed by atoms with Crippen LogP contribution in [0.3, 0.4) is 0 Å². The van der Waals surface area contributed by atoms with E-state index in [2.05, 4.69) is 5.32 Å². The molecule has 29 heavy (non-hydrogen) atoms. The minimum atomic E-state index is -0.916. The normalized spacial score (nSPS) is 28.9. The van der Waals surface area contributed by atoms with E-state index < -0.39 is 10.9 Å². The van der Waals surface area contributed by atoms with Crippen LogP contribution in [0.1, 0.15) is 52.7 Å². The average Bonchev–Trinajstić information content (AvgIpc) is 3.34. The average molecular weight is 394 g/mol. The number of carbonyl (C=O) groups is 1. The number of benzene rings is 2. The number of nitrogens with one attached hydrogen (secondary N) is 1. The van der Waals surface area contributed by atoms with Crippen molar-refractivity contribution in [3.63, 3.8) is 0 Å². The number of rotatable bonds is 4. The Bertz CT molecular complexity index is 1020. The molecule has 2 saturated carbocycles. The lowest BCUT2D eigenvalue weighted by Gasteiger charge is -2.43. The van der Waals surface area contributed by atoms with Gasteiger partial charge in [0, 0.05) is 11.8 Å². The van der Waals surface area contributed by atoms with Crippen LogP contribution in [0.2, 0.25) is 0 Å². The number of hydrogen-bond donors (Lipinski definition) is 2. The van der Waals surface area contributed by atoms with Crippen LogP contribution in [-0.4, -0.2) is 23.1 Å². The van der Waals surface area contributed by atoms with Crippen molar-refractivity contribution in [2.75, 3.05) is 12.4 Å². The van der Waals surface area contributed by atoms with Gasteiger partial charge in [-0.1, -0.05) is 6.07 Å². The summed E-state index contributed by atoms with van der Waals surface area (Å²) in [7, 11) is 1.43. The van der Waals surface area contributed by atoms with Gasteiger partial charge in [-0.25, -0.2) is 4.79 Å². The van der Waals surface area contributed by atoms with Crippen molar-refractivity contribution in [2.24, 2.45) is 17.8 Å². The summed E-state index contributed by atoms with van der Waals surface area (Å²) in [5.74, 6) is 1.02. The molecule has 1 aliphatic heterocycles. The number of nitrogens with zero attached hydrogens (tertiary/aromatic N) is 1. The molecule has 7 nitrogen and oxygen atoms in total. The molecule has 3 aliphatic rings. The fraction of sp³-hybridized carbons (Fsp3) is 0.409. The standard InChI is InChI=1S/C22H22N2O5/c1-29-18-7-5-13(10-17(18)24(27)28)21-20-12-3-2-11(8-12)19(20)15-9-14(22(25)26)4-6-16(15)23-21/h4-7,9-12,19-21,23H,2-3,8H2,1H3,(H,25,26)/t11-,12-,19+,20-,21-/m0/s1. The predicted molar refractivity (Wildman–Crippen MR) is 106 cm³/mol. The summed E-state index contributed by atoms with van der Waals surface area (Å²) < 4.78 is 5.16. The molecule has 2 aromatic carbocycles.